The Balaban J connectivity index is 3.02. The number of ether oxygens (including phenoxy) is 1. The molecular weight excluding hydrogens is 150 g/mol. The third-order valence-electron chi connectivity index (χ3n) is 2.12. The highest BCUT2D eigenvalue weighted by Gasteiger charge is 2.00. The van der Waals surface area contributed by atoms with Crippen LogP contribution in [0, 0.1) is 5.92 Å². The number of hydrogen-bond acceptors (Lipinski definition) is 2. The molecule has 0 amide bonds. The molecule has 1 atom stereocenters. The molecule has 0 rings (SSSR count). The summed E-state index contributed by atoms with van der Waals surface area (Å²) in [5, 5.41) is 3.33. The Labute approximate surface area is 76.7 Å². The van der Waals surface area contributed by atoms with Gasteiger partial charge in [-0.25, -0.2) is 0 Å². The first-order valence-corrected chi connectivity index (χ1v) is 5.00. The van der Waals surface area contributed by atoms with E-state index < -0.39 is 0 Å². The Hall–Kier alpha value is -0.0800. The lowest BCUT2D eigenvalue weighted by atomic mass is 10.0. The molecule has 12 heavy (non-hydrogen) atoms. The van der Waals surface area contributed by atoms with Crippen molar-refractivity contribution >= 4 is 0 Å². The minimum Gasteiger partial charge on any atom is -0.385 e. The minimum absolute atomic E-state index is 0.809. The third-order valence-corrected chi connectivity index (χ3v) is 2.12. The summed E-state index contributed by atoms with van der Waals surface area (Å²) in [6.45, 7) is 7.60. The molecule has 0 saturated heterocycles. The van der Waals surface area contributed by atoms with Gasteiger partial charge in [0.05, 0.1) is 0 Å². The van der Waals surface area contributed by atoms with E-state index in [1.54, 1.807) is 7.11 Å². The first kappa shape index (κ1) is 11.9. The van der Waals surface area contributed by atoms with Crippen LogP contribution >= 0.6 is 0 Å². The quantitative estimate of drug-likeness (QED) is 0.567. The van der Waals surface area contributed by atoms with Crippen LogP contribution in [-0.4, -0.2) is 26.8 Å². The van der Waals surface area contributed by atoms with Gasteiger partial charge in [-0.2, -0.15) is 0 Å². The van der Waals surface area contributed by atoms with E-state index >= 15 is 0 Å². The smallest absolute Gasteiger partial charge is 0.0464 e. The molecule has 1 N–H and O–H groups in total. The van der Waals surface area contributed by atoms with E-state index in [4.69, 9.17) is 4.74 Å². The maximum Gasteiger partial charge on any atom is 0.0464 e. The Bertz CT molecular complexity index is 85.9. The van der Waals surface area contributed by atoms with E-state index in [1.165, 1.54) is 19.3 Å². The van der Waals surface area contributed by atoms with Crippen LogP contribution < -0.4 is 5.32 Å². The summed E-state index contributed by atoms with van der Waals surface area (Å²) in [6, 6.07) is 0. The Morgan fingerprint density at radius 1 is 1.33 bits per heavy atom. The van der Waals surface area contributed by atoms with Crippen LogP contribution in [-0.2, 0) is 4.74 Å². The summed E-state index contributed by atoms with van der Waals surface area (Å²) in [4.78, 5) is 0. The van der Waals surface area contributed by atoms with Gasteiger partial charge >= 0.3 is 0 Å². The van der Waals surface area contributed by atoms with Crippen molar-refractivity contribution in [2.75, 3.05) is 26.8 Å². The van der Waals surface area contributed by atoms with Gasteiger partial charge in [-0.05, 0) is 38.3 Å². The molecule has 0 saturated carbocycles. The Morgan fingerprint density at radius 3 is 2.67 bits per heavy atom. The zero-order valence-corrected chi connectivity index (χ0v) is 8.73. The molecule has 1 unspecified atom stereocenters. The van der Waals surface area contributed by atoms with E-state index in [-0.39, 0.29) is 0 Å². The van der Waals surface area contributed by atoms with Crippen LogP contribution in [0.2, 0.25) is 0 Å². The molecule has 0 heterocycles. The molecule has 0 aliphatic heterocycles. The Kier molecular flexibility index (Phi) is 8.95. The molecule has 0 fully saturated rings. The van der Waals surface area contributed by atoms with E-state index in [9.17, 15) is 0 Å². The van der Waals surface area contributed by atoms with Crippen molar-refractivity contribution in [2.24, 2.45) is 5.92 Å². The highest BCUT2D eigenvalue weighted by Crippen LogP contribution is 2.09. The zero-order chi connectivity index (χ0) is 9.23. The van der Waals surface area contributed by atoms with Crippen LogP contribution in [0.1, 0.15) is 33.1 Å². The standard InChI is InChI=1S/C10H23NO/c1-4-11-8-5-6-10(2)7-9-12-3/h10-11H,4-9H2,1-3H3. The maximum absolute atomic E-state index is 5.02. The molecule has 2 nitrogen and oxygen atoms in total. The predicted molar refractivity (Wildman–Crippen MR) is 53.4 cm³/mol. The molecular formula is C10H23NO. The van der Waals surface area contributed by atoms with Crippen LogP contribution in [0.4, 0.5) is 0 Å². The molecule has 0 spiro atoms. The van der Waals surface area contributed by atoms with Crippen molar-refractivity contribution in [1.82, 2.24) is 5.32 Å². The Morgan fingerprint density at radius 2 is 2.08 bits per heavy atom. The van der Waals surface area contributed by atoms with Gasteiger partial charge in [-0.3, -0.25) is 0 Å². The number of nitrogens with one attached hydrogen (secondary N) is 1. The topological polar surface area (TPSA) is 21.3 Å². The molecule has 0 aromatic carbocycles. The zero-order valence-electron chi connectivity index (χ0n) is 8.73. The largest absolute Gasteiger partial charge is 0.385 e. The van der Waals surface area contributed by atoms with Gasteiger partial charge in [0, 0.05) is 13.7 Å². The first-order chi connectivity index (χ1) is 5.81. The lowest BCUT2D eigenvalue weighted by molar-refractivity contribution is 0.178. The average Bonchev–Trinajstić information content (AvgIpc) is 2.09. The van der Waals surface area contributed by atoms with E-state index in [2.05, 4.69) is 19.2 Å². The summed E-state index contributed by atoms with van der Waals surface area (Å²) in [6.07, 6.45) is 3.80. The van der Waals surface area contributed by atoms with Crippen molar-refractivity contribution < 1.29 is 4.74 Å². The molecule has 0 radical (unpaired) electrons. The van der Waals surface area contributed by atoms with Gasteiger partial charge in [0.1, 0.15) is 0 Å². The molecule has 2 heteroatoms. The van der Waals surface area contributed by atoms with Gasteiger partial charge in [0.25, 0.3) is 0 Å². The molecule has 0 aromatic rings. The van der Waals surface area contributed by atoms with Crippen LogP contribution in [0.25, 0.3) is 0 Å². The number of hydrogen-bond donors (Lipinski definition) is 1. The minimum atomic E-state index is 0.809. The van der Waals surface area contributed by atoms with Crippen molar-refractivity contribution in [3.05, 3.63) is 0 Å². The lowest BCUT2D eigenvalue weighted by Crippen LogP contribution is -2.15. The van der Waals surface area contributed by atoms with E-state index in [1.807, 2.05) is 0 Å². The fourth-order valence-corrected chi connectivity index (χ4v) is 1.22. The van der Waals surface area contributed by atoms with Crippen LogP contribution in [0.5, 0.6) is 0 Å². The monoisotopic (exact) mass is 173 g/mol. The van der Waals surface area contributed by atoms with E-state index in [0.29, 0.717) is 0 Å². The van der Waals surface area contributed by atoms with Gasteiger partial charge in [0.15, 0.2) is 0 Å². The van der Waals surface area contributed by atoms with Gasteiger partial charge < -0.3 is 10.1 Å². The fraction of sp³-hybridized carbons (Fsp3) is 1.00. The summed E-state index contributed by atoms with van der Waals surface area (Å²) >= 11 is 0. The van der Waals surface area contributed by atoms with Gasteiger partial charge in [-0.1, -0.05) is 13.8 Å². The molecule has 0 bridgehead atoms. The van der Waals surface area contributed by atoms with E-state index in [0.717, 1.165) is 25.6 Å². The van der Waals surface area contributed by atoms with Gasteiger partial charge in [-0.15, -0.1) is 0 Å². The van der Waals surface area contributed by atoms with Crippen LogP contribution in [0.15, 0.2) is 0 Å². The fourth-order valence-electron chi connectivity index (χ4n) is 1.22. The van der Waals surface area contributed by atoms with Gasteiger partial charge in [0.2, 0.25) is 0 Å². The highest BCUT2D eigenvalue weighted by atomic mass is 16.5. The first-order valence-electron chi connectivity index (χ1n) is 5.00. The summed E-state index contributed by atoms with van der Waals surface area (Å²) in [5.41, 5.74) is 0. The predicted octanol–water partition coefficient (Wildman–Crippen LogP) is 2.05. The molecule has 0 aromatic heterocycles. The van der Waals surface area contributed by atoms with Crippen molar-refractivity contribution in [3.63, 3.8) is 0 Å². The number of rotatable bonds is 8. The summed E-state index contributed by atoms with van der Waals surface area (Å²) in [7, 11) is 1.77. The molecule has 74 valence electrons. The molecule has 0 aliphatic carbocycles. The average molecular weight is 173 g/mol. The second-order valence-electron chi connectivity index (χ2n) is 3.38. The maximum atomic E-state index is 5.02. The highest BCUT2D eigenvalue weighted by molar-refractivity contribution is 4.54. The SMILES string of the molecule is CCNCCCC(C)CCOC. The van der Waals surface area contributed by atoms with Crippen molar-refractivity contribution in [3.8, 4) is 0 Å². The molecule has 0 aliphatic rings. The normalized spacial score (nSPS) is 13.2. The van der Waals surface area contributed by atoms with Crippen LogP contribution in [0.3, 0.4) is 0 Å². The summed E-state index contributed by atoms with van der Waals surface area (Å²) in [5.74, 6) is 0.809. The van der Waals surface area contributed by atoms with Crippen molar-refractivity contribution in [1.29, 1.82) is 0 Å². The second kappa shape index (κ2) is 9.01. The second-order valence-corrected chi connectivity index (χ2v) is 3.38. The summed E-state index contributed by atoms with van der Waals surface area (Å²) < 4.78 is 5.02. The lowest BCUT2D eigenvalue weighted by Gasteiger charge is -2.10. The third kappa shape index (κ3) is 8.02. The van der Waals surface area contributed by atoms with Crippen molar-refractivity contribution in [2.45, 2.75) is 33.1 Å². The number of methoxy groups -OCH3 is 1.